The van der Waals surface area contributed by atoms with Crippen molar-refractivity contribution in [2.45, 2.75) is 6.54 Å². The van der Waals surface area contributed by atoms with E-state index in [-0.39, 0.29) is 16.8 Å². The van der Waals surface area contributed by atoms with Gasteiger partial charge >= 0.3 is 0 Å². The second-order valence-electron chi connectivity index (χ2n) is 4.26. The topological polar surface area (TPSA) is 33.2 Å². The quantitative estimate of drug-likeness (QED) is 0.746. The van der Waals surface area contributed by atoms with Crippen LogP contribution in [0.4, 0.5) is 0 Å². The average Bonchev–Trinajstić information content (AvgIpc) is 2.40. The molecule has 1 heterocycles. The molecule has 0 atom stereocenters. The van der Waals surface area contributed by atoms with Crippen molar-refractivity contribution in [3.05, 3.63) is 62.3 Å². The Hall–Kier alpha value is -1.10. The molecule has 0 saturated carbocycles. The van der Waals surface area contributed by atoms with Crippen LogP contribution in [0.25, 0.3) is 0 Å². The van der Waals surface area contributed by atoms with Gasteiger partial charge in [-0.15, -0.1) is 0 Å². The molecule has 3 nitrogen and oxygen atoms in total. The molecule has 2 rings (SSSR count). The normalized spacial score (nSPS) is 10.4. The number of hydrogen-bond donors (Lipinski definition) is 0. The van der Waals surface area contributed by atoms with Crippen LogP contribution in [0.5, 0.6) is 0 Å². The maximum Gasteiger partial charge on any atom is 0.274 e. The van der Waals surface area contributed by atoms with Gasteiger partial charge in [0.15, 0.2) is 0 Å². The van der Waals surface area contributed by atoms with Gasteiger partial charge in [0.05, 0.1) is 5.02 Å². The highest BCUT2D eigenvalue weighted by atomic mass is 79.9. The van der Waals surface area contributed by atoms with E-state index in [1.54, 1.807) is 24.1 Å². The number of carbonyl (C=O) groups excluding carboxylic acids is 1. The zero-order valence-corrected chi connectivity index (χ0v) is 13.7. The van der Waals surface area contributed by atoms with Gasteiger partial charge in [0, 0.05) is 18.1 Å². The van der Waals surface area contributed by atoms with Crippen molar-refractivity contribution < 1.29 is 4.79 Å². The molecule has 1 aromatic heterocycles. The third-order valence-electron chi connectivity index (χ3n) is 2.67. The molecule has 0 N–H and O–H groups in total. The molecule has 1 aromatic carbocycles. The summed E-state index contributed by atoms with van der Waals surface area (Å²) in [5, 5.41) is 0.536. The van der Waals surface area contributed by atoms with Crippen molar-refractivity contribution >= 4 is 45.0 Å². The third kappa shape index (κ3) is 3.72. The Morgan fingerprint density at radius 1 is 1.30 bits per heavy atom. The molecular formula is C14H11BrCl2N2O. The molecule has 1 amide bonds. The summed E-state index contributed by atoms with van der Waals surface area (Å²) in [5.41, 5.74) is 1.17. The number of rotatable bonds is 3. The monoisotopic (exact) mass is 372 g/mol. The van der Waals surface area contributed by atoms with Gasteiger partial charge in [-0.05, 0) is 29.8 Å². The fraction of sp³-hybridized carbons (Fsp3) is 0.143. The number of aromatic nitrogens is 1. The van der Waals surface area contributed by atoms with E-state index in [4.69, 9.17) is 23.2 Å². The van der Waals surface area contributed by atoms with Crippen molar-refractivity contribution in [3.63, 3.8) is 0 Å². The maximum absolute atomic E-state index is 12.3. The van der Waals surface area contributed by atoms with E-state index in [1.807, 2.05) is 24.3 Å². The summed E-state index contributed by atoms with van der Waals surface area (Å²) in [6, 6.07) is 10.9. The van der Waals surface area contributed by atoms with Gasteiger partial charge in [-0.2, -0.15) is 0 Å². The molecule has 0 spiro atoms. The second kappa shape index (κ2) is 6.57. The Bertz CT molecular complexity index is 649. The summed E-state index contributed by atoms with van der Waals surface area (Å²) in [5.74, 6) is -0.266. The summed E-state index contributed by atoms with van der Waals surface area (Å²) >= 11 is 15.2. The largest absolute Gasteiger partial charge is 0.336 e. The highest BCUT2D eigenvalue weighted by Gasteiger charge is 2.17. The second-order valence-corrected chi connectivity index (χ2v) is 5.97. The van der Waals surface area contributed by atoms with E-state index >= 15 is 0 Å². The van der Waals surface area contributed by atoms with Crippen LogP contribution in [0.2, 0.25) is 10.2 Å². The van der Waals surface area contributed by atoms with Gasteiger partial charge in [0.1, 0.15) is 10.8 Å². The molecule has 0 aliphatic rings. The molecule has 0 saturated heterocycles. The third-order valence-corrected chi connectivity index (χ3v) is 3.68. The first kappa shape index (κ1) is 15.3. The van der Waals surface area contributed by atoms with E-state index in [0.717, 1.165) is 10.0 Å². The first-order valence-corrected chi connectivity index (χ1v) is 7.34. The van der Waals surface area contributed by atoms with Gasteiger partial charge in [-0.3, -0.25) is 4.79 Å². The van der Waals surface area contributed by atoms with Crippen LogP contribution < -0.4 is 0 Å². The fourth-order valence-electron chi connectivity index (χ4n) is 1.73. The summed E-state index contributed by atoms with van der Waals surface area (Å²) < 4.78 is 0.967. The summed E-state index contributed by atoms with van der Waals surface area (Å²) in [6.07, 6.45) is 0. The molecule has 0 aliphatic carbocycles. The van der Waals surface area contributed by atoms with E-state index in [1.165, 1.54) is 0 Å². The zero-order valence-electron chi connectivity index (χ0n) is 10.6. The standard InChI is InChI=1S/C14H11BrCl2N2O/c1-19(8-9-3-2-4-10(15)7-9)14(20)13-11(16)5-6-12(17)18-13/h2-7H,8H2,1H3. The molecule has 0 unspecified atom stereocenters. The highest BCUT2D eigenvalue weighted by Crippen LogP contribution is 2.19. The van der Waals surface area contributed by atoms with Gasteiger partial charge in [0.25, 0.3) is 5.91 Å². The Balaban J connectivity index is 2.18. The van der Waals surface area contributed by atoms with Crippen LogP contribution in [-0.2, 0) is 6.54 Å². The van der Waals surface area contributed by atoms with Crippen molar-refractivity contribution in [3.8, 4) is 0 Å². The number of amides is 1. The Labute approximate surface area is 135 Å². The lowest BCUT2D eigenvalue weighted by atomic mass is 10.2. The van der Waals surface area contributed by atoms with Gasteiger partial charge < -0.3 is 4.90 Å². The zero-order chi connectivity index (χ0) is 14.7. The smallest absolute Gasteiger partial charge is 0.274 e. The number of benzene rings is 1. The van der Waals surface area contributed by atoms with Crippen molar-refractivity contribution in [1.29, 1.82) is 0 Å². The number of carbonyl (C=O) groups is 1. The SMILES string of the molecule is CN(Cc1cccc(Br)c1)C(=O)c1nc(Cl)ccc1Cl. The van der Waals surface area contributed by atoms with Gasteiger partial charge in [0.2, 0.25) is 0 Å². The highest BCUT2D eigenvalue weighted by molar-refractivity contribution is 9.10. The lowest BCUT2D eigenvalue weighted by molar-refractivity contribution is 0.0779. The summed E-state index contributed by atoms with van der Waals surface area (Å²) in [6.45, 7) is 0.461. The van der Waals surface area contributed by atoms with E-state index in [0.29, 0.717) is 11.6 Å². The fourth-order valence-corrected chi connectivity index (χ4v) is 2.51. The lowest BCUT2D eigenvalue weighted by Crippen LogP contribution is -2.27. The molecule has 0 aliphatic heterocycles. The minimum absolute atomic E-state index is 0.164. The van der Waals surface area contributed by atoms with E-state index in [2.05, 4.69) is 20.9 Å². The van der Waals surface area contributed by atoms with E-state index < -0.39 is 0 Å². The minimum Gasteiger partial charge on any atom is -0.336 e. The van der Waals surface area contributed by atoms with Gasteiger partial charge in [-0.1, -0.05) is 51.3 Å². The van der Waals surface area contributed by atoms with Crippen LogP contribution in [0.1, 0.15) is 16.1 Å². The maximum atomic E-state index is 12.3. The van der Waals surface area contributed by atoms with Crippen molar-refractivity contribution in [2.24, 2.45) is 0 Å². The Kier molecular flexibility index (Phi) is 5.02. The van der Waals surface area contributed by atoms with E-state index in [9.17, 15) is 4.79 Å². The first-order valence-electron chi connectivity index (χ1n) is 5.79. The summed E-state index contributed by atoms with van der Waals surface area (Å²) in [7, 11) is 1.70. The van der Waals surface area contributed by atoms with Crippen LogP contribution in [0.3, 0.4) is 0 Å². The number of hydrogen-bond acceptors (Lipinski definition) is 2. The molecule has 6 heteroatoms. The summed E-state index contributed by atoms with van der Waals surface area (Å²) in [4.78, 5) is 17.8. The molecule has 20 heavy (non-hydrogen) atoms. The molecule has 0 fully saturated rings. The Morgan fingerprint density at radius 2 is 2.05 bits per heavy atom. The number of nitrogens with zero attached hydrogens (tertiary/aromatic N) is 2. The molecule has 0 bridgehead atoms. The van der Waals surface area contributed by atoms with Crippen LogP contribution in [0, 0.1) is 0 Å². The van der Waals surface area contributed by atoms with Crippen molar-refractivity contribution in [1.82, 2.24) is 9.88 Å². The molecule has 104 valence electrons. The molecule has 2 aromatic rings. The van der Waals surface area contributed by atoms with Gasteiger partial charge in [-0.25, -0.2) is 4.98 Å². The average molecular weight is 374 g/mol. The first-order chi connectivity index (χ1) is 9.47. The van der Waals surface area contributed by atoms with Crippen molar-refractivity contribution in [2.75, 3.05) is 7.05 Å². The lowest BCUT2D eigenvalue weighted by Gasteiger charge is -2.17. The number of halogens is 3. The minimum atomic E-state index is -0.266. The molecular weight excluding hydrogens is 363 g/mol. The number of pyridine rings is 1. The van der Waals surface area contributed by atoms with Crippen LogP contribution in [0.15, 0.2) is 40.9 Å². The Morgan fingerprint density at radius 3 is 2.75 bits per heavy atom. The predicted octanol–water partition coefficient (Wildman–Crippen LogP) is 4.42. The van der Waals surface area contributed by atoms with Crippen LogP contribution >= 0.6 is 39.1 Å². The van der Waals surface area contributed by atoms with Crippen LogP contribution in [-0.4, -0.2) is 22.8 Å². The predicted molar refractivity (Wildman–Crippen MR) is 84.2 cm³/mol. The molecule has 0 radical (unpaired) electrons.